The summed E-state index contributed by atoms with van der Waals surface area (Å²) in [6, 6.07) is 66.4. The van der Waals surface area contributed by atoms with Crippen LogP contribution in [-0.4, -0.2) is 16.2 Å². The number of thiophene rings is 1. The number of benzene rings is 9. The first kappa shape index (κ1) is 32.7. The molecule has 0 saturated heterocycles. The lowest BCUT2D eigenvalue weighted by atomic mass is 9.98. The summed E-state index contributed by atoms with van der Waals surface area (Å²) in [6.07, 6.45) is 0.498. The van der Waals surface area contributed by atoms with Crippen LogP contribution in [0.1, 0.15) is 34.0 Å². The van der Waals surface area contributed by atoms with Crippen LogP contribution in [0, 0.1) is 0 Å². The Kier molecular flexibility index (Phi) is 6.97. The van der Waals surface area contributed by atoms with E-state index in [1.54, 1.807) is 0 Å². The van der Waals surface area contributed by atoms with Gasteiger partial charge in [0.1, 0.15) is 12.0 Å². The SMILES string of the molecule is c1ccc2c(c1)Cc1cc(C3=NC(c4ccc5sc6ccccc6c5c4)=NC(c4cccc5ccccc45)N3)c(-n3c4ccccc4c4cc5ccccc5cc43)cc1-2. The van der Waals surface area contributed by atoms with Crippen molar-refractivity contribution in [1.29, 1.82) is 0 Å². The van der Waals surface area contributed by atoms with Crippen LogP contribution in [0.2, 0.25) is 0 Å². The summed E-state index contributed by atoms with van der Waals surface area (Å²) >= 11 is 1.83. The lowest BCUT2D eigenvalue weighted by molar-refractivity contribution is 0.679. The van der Waals surface area contributed by atoms with Gasteiger partial charge in [0, 0.05) is 47.6 Å². The van der Waals surface area contributed by atoms with Crippen LogP contribution in [0.15, 0.2) is 192 Å². The second-order valence-corrected chi connectivity index (χ2v) is 16.9. The second-order valence-electron chi connectivity index (χ2n) is 15.8. The van der Waals surface area contributed by atoms with Crippen molar-refractivity contribution in [2.75, 3.05) is 0 Å². The quantitative estimate of drug-likeness (QED) is 0.190. The third kappa shape index (κ3) is 5.01. The molecule has 4 nitrogen and oxygen atoms in total. The first-order valence-corrected chi connectivity index (χ1v) is 21.0. The number of fused-ring (bicyclic) bond motifs is 11. The van der Waals surface area contributed by atoms with Crippen molar-refractivity contribution in [2.24, 2.45) is 9.98 Å². The van der Waals surface area contributed by atoms with Crippen LogP contribution in [0.25, 0.3) is 80.3 Å². The molecule has 1 aliphatic heterocycles. The van der Waals surface area contributed by atoms with E-state index in [1.807, 2.05) is 11.3 Å². The van der Waals surface area contributed by atoms with Gasteiger partial charge in [0.05, 0.1) is 16.7 Å². The third-order valence-corrected chi connectivity index (χ3v) is 13.6. The molecule has 0 fully saturated rings. The van der Waals surface area contributed by atoms with Gasteiger partial charge in [-0.15, -0.1) is 11.3 Å². The van der Waals surface area contributed by atoms with Crippen LogP contribution in [0.4, 0.5) is 0 Å². The van der Waals surface area contributed by atoms with Crippen molar-refractivity contribution in [3.8, 4) is 16.8 Å². The summed E-state index contributed by atoms with van der Waals surface area (Å²) in [5, 5.41) is 13.7. The number of nitrogens with zero attached hydrogens (tertiary/aromatic N) is 3. The van der Waals surface area contributed by atoms with Gasteiger partial charge in [-0.25, -0.2) is 9.98 Å². The molecule has 0 bridgehead atoms. The molecule has 0 radical (unpaired) electrons. The highest BCUT2D eigenvalue weighted by Gasteiger charge is 2.29. The Balaban J connectivity index is 1.09. The number of para-hydroxylation sites is 1. The number of hydrogen-bond acceptors (Lipinski definition) is 4. The molecule has 1 unspecified atom stereocenters. The normalized spacial score (nSPS) is 14.9. The molecular weight excluding hydrogens is 737 g/mol. The van der Waals surface area contributed by atoms with Gasteiger partial charge < -0.3 is 9.88 Å². The largest absolute Gasteiger partial charge is 0.344 e. The minimum atomic E-state index is -0.376. The van der Waals surface area contributed by atoms with Crippen molar-refractivity contribution in [1.82, 2.24) is 9.88 Å². The Morgan fingerprint density at radius 3 is 2.14 bits per heavy atom. The molecule has 2 aromatic heterocycles. The van der Waals surface area contributed by atoms with E-state index in [2.05, 4.69) is 192 Å². The summed E-state index contributed by atoms with van der Waals surface area (Å²) in [4.78, 5) is 11.0. The Labute approximate surface area is 344 Å². The van der Waals surface area contributed by atoms with E-state index < -0.39 is 0 Å². The van der Waals surface area contributed by atoms with E-state index in [4.69, 9.17) is 9.98 Å². The number of aliphatic imine (C=N–C) groups is 2. The molecule has 1 aliphatic carbocycles. The van der Waals surface area contributed by atoms with Gasteiger partial charge in [0.2, 0.25) is 0 Å². The first-order chi connectivity index (χ1) is 29.2. The summed E-state index contributed by atoms with van der Waals surface area (Å²) in [6.45, 7) is 0. The fourth-order valence-corrected chi connectivity index (χ4v) is 10.8. The van der Waals surface area contributed by atoms with Crippen molar-refractivity contribution in [2.45, 2.75) is 12.6 Å². The second kappa shape index (κ2) is 12.6. The number of hydrogen-bond donors (Lipinski definition) is 1. The topological polar surface area (TPSA) is 41.7 Å². The monoisotopic (exact) mass is 770 g/mol. The molecule has 0 spiro atoms. The molecule has 5 heteroatoms. The van der Waals surface area contributed by atoms with Gasteiger partial charge in [0.15, 0.2) is 5.84 Å². The minimum Gasteiger partial charge on any atom is -0.344 e. The van der Waals surface area contributed by atoms with Crippen LogP contribution < -0.4 is 5.32 Å². The molecule has 9 aromatic carbocycles. The number of amidine groups is 2. The average molecular weight is 771 g/mol. The highest BCUT2D eigenvalue weighted by molar-refractivity contribution is 7.25. The van der Waals surface area contributed by atoms with Gasteiger partial charge >= 0.3 is 0 Å². The molecular formula is C54H34N4S. The Hall–Kier alpha value is -7.34. The molecule has 1 N–H and O–H groups in total. The van der Waals surface area contributed by atoms with Crippen molar-refractivity contribution < 1.29 is 0 Å². The van der Waals surface area contributed by atoms with Crippen LogP contribution in [0.3, 0.4) is 0 Å². The zero-order valence-corrected chi connectivity index (χ0v) is 32.7. The molecule has 0 amide bonds. The lowest BCUT2D eigenvalue weighted by Crippen LogP contribution is -2.34. The highest BCUT2D eigenvalue weighted by atomic mass is 32.1. The number of rotatable bonds is 4. The Bertz CT molecular complexity index is 3640. The third-order valence-electron chi connectivity index (χ3n) is 12.4. The molecule has 3 heterocycles. The van der Waals surface area contributed by atoms with Crippen LogP contribution in [0.5, 0.6) is 0 Å². The molecule has 2 aliphatic rings. The van der Waals surface area contributed by atoms with Gasteiger partial charge in [-0.05, 0) is 105 Å². The van der Waals surface area contributed by atoms with Gasteiger partial charge in [-0.3, -0.25) is 0 Å². The molecule has 11 aromatic rings. The van der Waals surface area contributed by atoms with E-state index in [-0.39, 0.29) is 6.17 Å². The van der Waals surface area contributed by atoms with Gasteiger partial charge in [0.25, 0.3) is 0 Å². The lowest BCUT2D eigenvalue weighted by Gasteiger charge is -2.26. The predicted molar refractivity (Wildman–Crippen MR) is 249 cm³/mol. The van der Waals surface area contributed by atoms with Crippen molar-refractivity contribution >= 4 is 86.5 Å². The summed E-state index contributed by atoms with van der Waals surface area (Å²) < 4.78 is 5.02. The smallest absolute Gasteiger partial charge is 0.159 e. The zero-order chi connectivity index (χ0) is 38.6. The summed E-state index contributed by atoms with van der Waals surface area (Å²) in [5.74, 6) is 1.53. The first-order valence-electron chi connectivity index (χ1n) is 20.2. The van der Waals surface area contributed by atoms with Crippen molar-refractivity contribution in [3.05, 3.63) is 210 Å². The predicted octanol–water partition coefficient (Wildman–Crippen LogP) is 13.5. The maximum Gasteiger partial charge on any atom is 0.159 e. The summed E-state index contributed by atoms with van der Waals surface area (Å²) in [7, 11) is 0. The maximum atomic E-state index is 5.55. The van der Waals surface area contributed by atoms with Gasteiger partial charge in [-0.2, -0.15) is 0 Å². The minimum absolute atomic E-state index is 0.376. The van der Waals surface area contributed by atoms with Crippen molar-refractivity contribution in [3.63, 3.8) is 0 Å². The Morgan fingerprint density at radius 2 is 1.22 bits per heavy atom. The van der Waals surface area contributed by atoms with E-state index in [0.29, 0.717) is 0 Å². The highest BCUT2D eigenvalue weighted by Crippen LogP contribution is 2.43. The van der Waals surface area contributed by atoms with Crippen LogP contribution in [-0.2, 0) is 6.42 Å². The molecule has 59 heavy (non-hydrogen) atoms. The average Bonchev–Trinajstić information content (AvgIpc) is 3.96. The molecule has 13 rings (SSSR count). The van der Waals surface area contributed by atoms with Crippen LogP contribution >= 0.6 is 11.3 Å². The fourth-order valence-electron chi connectivity index (χ4n) is 9.69. The van der Waals surface area contributed by atoms with E-state index >= 15 is 0 Å². The zero-order valence-electron chi connectivity index (χ0n) is 31.9. The van der Waals surface area contributed by atoms with E-state index in [1.165, 1.54) is 80.3 Å². The summed E-state index contributed by atoms with van der Waals surface area (Å²) in [5.41, 5.74) is 11.8. The number of nitrogens with one attached hydrogen (secondary N) is 1. The van der Waals surface area contributed by atoms with E-state index in [9.17, 15) is 0 Å². The van der Waals surface area contributed by atoms with Gasteiger partial charge in [-0.1, -0.05) is 127 Å². The fraction of sp³-hybridized carbons (Fsp3) is 0.0370. The molecule has 0 saturated carbocycles. The maximum absolute atomic E-state index is 5.55. The molecule has 1 atom stereocenters. The molecule has 276 valence electrons. The number of aromatic nitrogens is 1. The Morgan fingerprint density at radius 1 is 0.492 bits per heavy atom. The standard InChI is InChI=1S/C54H34N4S/c1-2-14-34-30-48-44(27-33(34)13-1)40-19-7-9-22-47(40)58(48)49-31-43-37(26-35-15-4-6-18-39(35)43)29-46(49)54-56-52(36-24-25-51-45(28-36)41-20-8-10-23-50(41)59-51)55-53(57-54)42-21-11-16-32-12-3-5-17-38(32)42/h1-25,27-31,53H,26H2,(H,55,56,57). The van der Waals surface area contributed by atoms with E-state index in [0.717, 1.165) is 46.0 Å².